The summed E-state index contributed by atoms with van der Waals surface area (Å²) in [6, 6.07) is 7.09. The number of benzene rings is 2. The van der Waals surface area contributed by atoms with Crippen molar-refractivity contribution in [1.82, 2.24) is 0 Å². The SMILES string of the molecule is Cc1cc(F)cc(C(N)Cc2cc(F)ccc2F)c1. The zero-order valence-electron chi connectivity index (χ0n) is 10.5. The smallest absolute Gasteiger partial charge is 0.126 e. The van der Waals surface area contributed by atoms with Gasteiger partial charge in [0.15, 0.2) is 0 Å². The van der Waals surface area contributed by atoms with Crippen LogP contribution in [0.2, 0.25) is 0 Å². The van der Waals surface area contributed by atoms with Crippen LogP contribution in [0.25, 0.3) is 0 Å². The molecule has 0 amide bonds. The molecule has 0 aromatic heterocycles. The minimum Gasteiger partial charge on any atom is -0.324 e. The summed E-state index contributed by atoms with van der Waals surface area (Å²) < 4.78 is 39.8. The maximum atomic E-state index is 13.5. The van der Waals surface area contributed by atoms with Crippen LogP contribution in [0.5, 0.6) is 0 Å². The Morgan fingerprint density at radius 1 is 1.00 bits per heavy atom. The lowest BCUT2D eigenvalue weighted by atomic mass is 9.98. The van der Waals surface area contributed by atoms with Gasteiger partial charge in [0, 0.05) is 6.04 Å². The van der Waals surface area contributed by atoms with E-state index in [1.54, 1.807) is 13.0 Å². The molecule has 0 spiro atoms. The third kappa shape index (κ3) is 3.35. The van der Waals surface area contributed by atoms with Crippen molar-refractivity contribution in [3.05, 3.63) is 70.5 Å². The summed E-state index contributed by atoms with van der Waals surface area (Å²) in [6.07, 6.45) is 0.118. The molecule has 0 aliphatic heterocycles. The summed E-state index contributed by atoms with van der Waals surface area (Å²) in [7, 11) is 0. The monoisotopic (exact) mass is 265 g/mol. The van der Waals surface area contributed by atoms with Gasteiger partial charge in [-0.2, -0.15) is 0 Å². The second-order valence-corrected chi connectivity index (χ2v) is 4.61. The van der Waals surface area contributed by atoms with Crippen molar-refractivity contribution in [2.75, 3.05) is 0 Å². The van der Waals surface area contributed by atoms with Gasteiger partial charge in [0.25, 0.3) is 0 Å². The van der Waals surface area contributed by atoms with Crippen molar-refractivity contribution in [2.45, 2.75) is 19.4 Å². The first-order valence-corrected chi connectivity index (χ1v) is 5.92. The van der Waals surface area contributed by atoms with Crippen molar-refractivity contribution < 1.29 is 13.2 Å². The van der Waals surface area contributed by atoms with Gasteiger partial charge in [-0.05, 0) is 60.4 Å². The van der Waals surface area contributed by atoms with E-state index in [0.29, 0.717) is 5.56 Å². The Hall–Kier alpha value is -1.81. The van der Waals surface area contributed by atoms with Crippen LogP contribution < -0.4 is 5.73 Å². The van der Waals surface area contributed by atoms with Crippen molar-refractivity contribution >= 4 is 0 Å². The van der Waals surface area contributed by atoms with Gasteiger partial charge in [0.05, 0.1) is 0 Å². The molecule has 4 heteroatoms. The molecule has 0 fully saturated rings. The maximum absolute atomic E-state index is 13.5. The number of halogens is 3. The standard InChI is InChI=1S/C15H14F3N/c1-9-4-11(7-13(17)5-9)15(19)8-10-6-12(16)2-3-14(10)18/h2-7,15H,8,19H2,1H3. The highest BCUT2D eigenvalue weighted by Crippen LogP contribution is 2.21. The van der Waals surface area contributed by atoms with Crippen LogP contribution in [0.1, 0.15) is 22.7 Å². The first-order valence-electron chi connectivity index (χ1n) is 5.92. The predicted octanol–water partition coefficient (Wildman–Crippen LogP) is 3.65. The Labute approximate surface area is 109 Å². The molecule has 0 aliphatic carbocycles. The molecule has 0 aliphatic rings. The average Bonchev–Trinajstić information content (AvgIpc) is 2.32. The highest BCUT2D eigenvalue weighted by molar-refractivity contribution is 5.28. The van der Waals surface area contributed by atoms with Gasteiger partial charge >= 0.3 is 0 Å². The van der Waals surface area contributed by atoms with Crippen LogP contribution in [-0.2, 0) is 6.42 Å². The van der Waals surface area contributed by atoms with Crippen molar-refractivity contribution in [3.63, 3.8) is 0 Å². The number of aryl methyl sites for hydroxylation is 1. The predicted molar refractivity (Wildman–Crippen MR) is 68.1 cm³/mol. The maximum Gasteiger partial charge on any atom is 0.126 e. The highest BCUT2D eigenvalue weighted by Gasteiger charge is 2.12. The van der Waals surface area contributed by atoms with Gasteiger partial charge in [-0.25, -0.2) is 13.2 Å². The fraction of sp³-hybridized carbons (Fsp3) is 0.200. The summed E-state index contributed by atoms with van der Waals surface area (Å²) in [5.74, 6) is -1.41. The molecule has 1 atom stereocenters. The molecular formula is C15H14F3N. The summed E-state index contributed by atoms with van der Waals surface area (Å²) in [6.45, 7) is 1.75. The first-order chi connectivity index (χ1) is 8.95. The molecule has 1 nitrogen and oxygen atoms in total. The van der Waals surface area contributed by atoms with Gasteiger partial charge in [-0.15, -0.1) is 0 Å². The minimum absolute atomic E-state index is 0.118. The molecule has 19 heavy (non-hydrogen) atoms. The number of hydrogen-bond donors (Lipinski definition) is 1. The van der Waals surface area contributed by atoms with Crippen LogP contribution in [-0.4, -0.2) is 0 Å². The zero-order chi connectivity index (χ0) is 14.0. The number of hydrogen-bond acceptors (Lipinski definition) is 1. The fourth-order valence-corrected chi connectivity index (χ4v) is 2.03. The molecule has 0 saturated heterocycles. The summed E-state index contributed by atoms with van der Waals surface area (Å²) >= 11 is 0. The third-order valence-electron chi connectivity index (χ3n) is 2.94. The van der Waals surface area contributed by atoms with Gasteiger partial charge < -0.3 is 5.73 Å². The fourth-order valence-electron chi connectivity index (χ4n) is 2.03. The van der Waals surface area contributed by atoms with E-state index >= 15 is 0 Å². The Balaban J connectivity index is 2.25. The molecule has 2 N–H and O–H groups in total. The lowest BCUT2D eigenvalue weighted by Gasteiger charge is -2.14. The molecule has 0 heterocycles. The molecule has 0 saturated carbocycles. The molecule has 100 valence electrons. The summed E-state index contributed by atoms with van der Waals surface area (Å²) in [4.78, 5) is 0. The molecule has 1 unspecified atom stereocenters. The third-order valence-corrected chi connectivity index (χ3v) is 2.94. The lowest BCUT2D eigenvalue weighted by molar-refractivity contribution is 0.570. The second kappa shape index (κ2) is 5.45. The van der Waals surface area contributed by atoms with E-state index < -0.39 is 17.7 Å². The Morgan fingerprint density at radius 2 is 1.74 bits per heavy atom. The van der Waals surface area contributed by atoms with E-state index in [-0.39, 0.29) is 17.8 Å². The topological polar surface area (TPSA) is 26.0 Å². The minimum atomic E-state index is -0.578. The Kier molecular flexibility index (Phi) is 3.90. The summed E-state index contributed by atoms with van der Waals surface area (Å²) in [5, 5.41) is 0. The second-order valence-electron chi connectivity index (χ2n) is 4.61. The molecule has 0 bridgehead atoms. The molecule has 2 aromatic carbocycles. The number of nitrogens with two attached hydrogens (primary N) is 1. The van der Waals surface area contributed by atoms with E-state index in [2.05, 4.69) is 0 Å². The van der Waals surface area contributed by atoms with E-state index in [9.17, 15) is 13.2 Å². The van der Waals surface area contributed by atoms with Crippen molar-refractivity contribution in [1.29, 1.82) is 0 Å². The molecular weight excluding hydrogens is 251 g/mol. The normalized spacial score (nSPS) is 12.5. The molecule has 2 rings (SSSR count). The van der Waals surface area contributed by atoms with Crippen molar-refractivity contribution in [3.8, 4) is 0 Å². The van der Waals surface area contributed by atoms with E-state index in [1.807, 2.05) is 0 Å². The van der Waals surface area contributed by atoms with E-state index in [1.165, 1.54) is 12.1 Å². The van der Waals surface area contributed by atoms with Crippen LogP contribution in [0, 0.1) is 24.4 Å². The highest BCUT2D eigenvalue weighted by atomic mass is 19.1. The van der Waals surface area contributed by atoms with Crippen LogP contribution in [0.3, 0.4) is 0 Å². The van der Waals surface area contributed by atoms with Crippen LogP contribution in [0.4, 0.5) is 13.2 Å². The van der Waals surface area contributed by atoms with E-state index in [4.69, 9.17) is 5.73 Å². The van der Waals surface area contributed by atoms with Crippen LogP contribution >= 0.6 is 0 Å². The van der Waals surface area contributed by atoms with Gasteiger partial charge in [0.1, 0.15) is 17.5 Å². The summed E-state index contributed by atoms with van der Waals surface area (Å²) in [5.41, 5.74) is 7.43. The zero-order valence-corrected chi connectivity index (χ0v) is 10.5. The van der Waals surface area contributed by atoms with Gasteiger partial charge in [-0.1, -0.05) is 6.07 Å². The van der Waals surface area contributed by atoms with Crippen molar-refractivity contribution in [2.24, 2.45) is 5.73 Å². The number of rotatable bonds is 3. The first kappa shape index (κ1) is 13.6. The van der Waals surface area contributed by atoms with Gasteiger partial charge in [-0.3, -0.25) is 0 Å². The lowest BCUT2D eigenvalue weighted by Crippen LogP contribution is -2.14. The average molecular weight is 265 g/mol. The Morgan fingerprint density at radius 3 is 2.42 bits per heavy atom. The Bertz CT molecular complexity index is 576. The molecule has 2 aromatic rings. The van der Waals surface area contributed by atoms with E-state index in [0.717, 1.165) is 23.8 Å². The van der Waals surface area contributed by atoms with Crippen LogP contribution in [0.15, 0.2) is 36.4 Å². The quantitative estimate of drug-likeness (QED) is 0.900. The molecule has 0 radical (unpaired) electrons. The largest absolute Gasteiger partial charge is 0.324 e. The van der Waals surface area contributed by atoms with Gasteiger partial charge in [0.2, 0.25) is 0 Å².